The molecule has 0 saturated carbocycles. The molecule has 0 heterocycles. The molecular weight excluding hydrogens is 447 g/mol. The summed E-state index contributed by atoms with van der Waals surface area (Å²) in [5, 5.41) is 0. The Hall–Kier alpha value is 1.82. The van der Waals surface area contributed by atoms with Crippen LogP contribution in [-0.2, 0) is 32.5 Å². The van der Waals surface area contributed by atoms with Crippen LogP contribution in [0.5, 0.6) is 0 Å². The summed E-state index contributed by atoms with van der Waals surface area (Å²) >= 11 is -0.826. The van der Waals surface area contributed by atoms with E-state index in [2.05, 4.69) is 0 Å². The topological polar surface area (TPSA) is 57.2 Å². The van der Waals surface area contributed by atoms with Gasteiger partial charge in [-0.05, 0) is 0 Å². The van der Waals surface area contributed by atoms with Gasteiger partial charge in [-0.25, -0.2) is 8.42 Å². The average molecular weight is 447 g/mol. The van der Waals surface area contributed by atoms with Crippen LogP contribution in [0.15, 0.2) is 0 Å². The zero-order valence-corrected chi connectivity index (χ0v) is 11.5. The van der Waals surface area contributed by atoms with Crippen LogP contribution in [-0.4, -0.2) is 37.4 Å². The molecule has 0 aliphatic heterocycles. The number of halogens is 5. The van der Waals surface area contributed by atoms with Gasteiger partial charge in [0.1, 0.15) is 0 Å². The van der Waals surface area contributed by atoms with Gasteiger partial charge in [0.15, 0.2) is 10.1 Å². The van der Waals surface area contributed by atoms with Crippen molar-refractivity contribution >= 4 is 46.8 Å². The Bertz CT molecular complexity index is 192. The van der Waals surface area contributed by atoms with E-state index in [-0.39, 0.29) is 22.4 Å². The standard InChI is InChI=1S/CHF3O3S.Ag.2ClH.Sn/c2-1(3,4)8(5,6)7;;;;/h(H,5,6,7);;2*1H;/q;+1;;;+2/p-3. The molecular formula is CAgCl2F3O3SSn. The molecule has 0 aliphatic rings. The molecule has 0 unspecified atom stereocenters. The van der Waals surface area contributed by atoms with Gasteiger partial charge >= 0.3 is 64.6 Å². The van der Waals surface area contributed by atoms with E-state index in [0.29, 0.717) is 0 Å². The Labute approximate surface area is 99.9 Å². The van der Waals surface area contributed by atoms with Crippen molar-refractivity contribution in [2.75, 3.05) is 0 Å². The third-order valence-corrected chi connectivity index (χ3v) is 0.850. The average Bonchev–Trinajstić information content (AvgIpc) is 1.60. The zero-order valence-electron chi connectivity index (χ0n) is 4.82. The van der Waals surface area contributed by atoms with E-state index in [0.717, 1.165) is 0 Å². The van der Waals surface area contributed by atoms with E-state index < -0.39 is 34.5 Å². The number of alkyl halides is 3. The Balaban J connectivity index is -0.000000177. The van der Waals surface area contributed by atoms with Gasteiger partial charge in [-0.1, -0.05) is 0 Å². The first-order valence-corrected chi connectivity index (χ1v) is 10.3. The third kappa shape index (κ3) is 11.8. The molecule has 0 aliphatic carbocycles. The minimum absolute atomic E-state index is 0. The molecule has 0 aromatic heterocycles. The van der Waals surface area contributed by atoms with Crippen molar-refractivity contribution < 1.29 is 48.5 Å². The van der Waals surface area contributed by atoms with Gasteiger partial charge in [0, 0.05) is 0 Å². The van der Waals surface area contributed by atoms with Gasteiger partial charge in [0.25, 0.3) is 0 Å². The van der Waals surface area contributed by atoms with E-state index in [1.54, 1.807) is 0 Å². The van der Waals surface area contributed by atoms with E-state index in [1.807, 2.05) is 0 Å². The van der Waals surface area contributed by atoms with Crippen molar-refractivity contribution in [1.29, 1.82) is 0 Å². The number of hydrogen-bond acceptors (Lipinski definition) is 3. The van der Waals surface area contributed by atoms with Crippen molar-refractivity contribution in [3.05, 3.63) is 0 Å². The summed E-state index contributed by atoms with van der Waals surface area (Å²) in [5.74, 6) is 0. The van der Waals surface area contributed by atoms with Gasteiger partial charge in [0.2, 0.25) is 0 Å². The third-order valence-electron chi connectivity index (χ3n) is 0.283. The molecule has 0 spiro atoms. The Morgan fingerprint density at radius 2 is 1.33 bits per heavy atom. The van der Waals surface area contributed by atoms with Crippen LogP contribution in [0.3, 0.4) is 0 Å². The maximum atomic E-state index is 10.7. The minimum atomic E-state index is -6.09. The molecule has 0 rings (SSSR count). The van der Waals surface area contributed by atoms with Crippen LogP contribution in [0.2, 0.25) is 0 Å². The zero-order chi connectivity index (χ0) is 9.71. The fraction of sp³-hybridized carbons (Fsp3) is 1.00. The van der Waals surface area contributed by atoms with Crippen molar-refractivity contribution in [3.8, 4) is 0 Å². The molecule has 0 saturated heterocycles. The summed E-state index contributed by atoms with van der Waals surface area (Å²) < 4.78 is 58.9. The van der Waals surface area contributed by atoms with Gasteiger partial charge in [-0.3, -0.25) is 0 Å². The monoisotopic (exact) mass is 446 g/mol. The second-order valence-corrected chi connectivity index (χ2v) is 6.58. The SMILES string of the molecule is O=S(=O)([O-])C(F)(F)F.[Ag+].[Cl][Sn][Cl]. The Morgan fingerprint density at radius 3 is 1.33 bits per heavy atom. The summed E-state index contributed by atoms with van der Waals surface area (Å²) in [4.78, 5) is 0. The summed E-state index contributed by atoms with van der Waals surface area (Å²) in [5.41, 5.74) is -5.65. The molecule has 0 fully saturated rings. The van der Waals surface area contributed by atoms with E-state index in [1.165, 1.54) is 0 Å². The van der Waals surface area contributed by atoms with Crippen molar-refractivity contribution in [2.45, 2.75) is 5.51 Å². The van der Waals surface area contributed by atoms with Crippen LogP contribution < -0.4 is 0 Å². The molecule has 0 N–H and O–H groups in total. The first kappa shape index (κ1) is 19.4. The normalized spacial score (nSPS) is 10.8. The molecule has 0 aromatic carbocycles. The van der Waals surface area contributed by atoms with Gasteiger partial charge in [-0.15, -0.1) is 0 Å². The molecule has 0 atom stereocenters. The van der Waals surface area contributed by atoms with Crippen molar-refractivity contribution in [2.24, 2.45) is 0 Å². The maximum absolute atomic E-state index is 10.7. The van der Waals surface area contributed by atoms with Gasteiger partial charge in [-0.2, -0.15) is 13.2 Å². The van der Waals surface area contributed by atoms with Crippen LogP contribution in [0, 0.1) is 0 Å². The molecule has 0 bridgehead atoms. The molecule has 11 heteroatoms. The van der Waals surface area contributed by atoms with Crippen LogP contribution in [0.1, 0.15) is 0 Å². The predicted octanol–water partition coefficient (Wildman–Crippen LogP) is 1.05. The van der Waals surface area contributed by atoms with Gasteiger partial charge in [0.05, 0.1) is 0 Å². The second kappa shape index (κ2) is 8.15. The van der Waals surface area contributed by atoms with Crippen molar-refractivity contribution in [3.63, 3.8) is 0 Å². The molecule has 0 amide bonds. The van der Waals surface area contributed by atoms with Gasteiger partial charge < -0.3 is 4.55 Å². The van der Waals surface area contributed by atoms with Crippen LogP contribution >= 0.6 is 17.8 Å². The fourth-order valence-corrected chi connectivity index (χ4v) is 0. The van der Waals surface area contributed by atoms with Crippen LogP contribution in [0.25, 0.3) is 0 Å². The van der Waals surface area contributed by atoms with E-state index in [9.17, 15) is 13.2 Å². The molecule has 0 aromatic rings. The summed E-state index contributed by atoms with van der Waals surface area (Å²) in [7, 11) is 3.78. The summed E-state index contributed by atoms with van der Waals surface area (Å²) in [6, 6.07) is 0. The Morgan fingerprint density at radius 1 is 1.25 bits per heavy atom. The molecule has 3 nitrogen and oxygen atoms in total. The first-order chi connectivity index (χ1) is 4.66. The van der Waals surface area contributed by atoms with E-state index in [4.69, 9.17) is 30.8 Å². The molecule has 2 radical (unpaired) electrons. The summed E-state index contributed by atoms with van der Waals surface area (Å²) in [6.07, 6.45) is 0. The quantitative estimate of drug-likeness (QED) is 0.318. The Kier molecular flexibility index (Phi) is 13.2. The van der Waals surface area contributed by atoms with Crippen molar-refractivity contribution in [1.82, 2.24) is 0 Å². The number of hydrogen-bond donors (Lipinski definition) is 0. The predicted molar refractivity (Wildman–Crippen MR) is 33.2 cm³/mol. The van der Waals surface area contributed by atoms with Crippen LogP contribution in [0.4, 0.5) is 13.2 Å². The number of rotatable bonds is 0. The summed E-state index contributed by atoms with van der Waals surface area (Å²) in [6.45, 7) is 0. The van der Waals surface area contributed by atoms with E-state index >= 15 is 0 Å². The molecule has 12 heavy (non-hydrogen) atoms. The second-order valence-electron chi connectivity index (χ2n) is 0.971. The first-order valence-electron chi connectivity index (χ1n) is 1.65. The fourth-order valence-electron chi connectivity index (χ4n) is 0. The molecule has 78 valence electrons.